The smallest absolute Gasteiger partial charge is 0.319 e. The number of carbonyl (C=O) groups excluding carboxylic acids is 1. The van der Waals surface area contributed by atoms with Crippen molar-refractivity contribution in [2.24, 2.45) is 0 Å². The van der Waals surface area contributed by atoms with Crippen LogP contribution < -0.4 is 16.0 Å². The van der Waals surface area contributed by atoms with E-state index in [9.17, 15) is 4.79 Å². The van der Waals surface area contributed by atoms with Crippen LogP contribution in [0.1, 0.15) is 12.0 Å². The fraction of sp³-hybridized carbons (Fsp3) is 0.235. The second-order valence-electron chi connectivity index (χ2n) is 5.50. The van der Waals surface area contributed by atoms with E-state index in [-0.39, 0.29) is 12.1 Å². The highest BCUT2D eigenvalue weighted by Gasteiger charge is 2.17. The Morgan fingerprint density at radius 2 is 2.00 bits per heavy atom. The average molecular weight is 350 g/mol. The second-order valence-corrected chi connectivity index (χ2v) is 6.32. The molecule has 1 atom stereocenters. The Balaban J connectivity index is 1.51. The van der Waals surface area contributed by atoms with E-state index in [1.807, 2.05) is 12.1 Å². The fourth-order valence-electron chi connectivity index (χ4n) is 2.62. The molecule has 0 radical (unpaired) electrons. The van der Waals surface area contributed by atoms with Crippen LogP contribution in [0.4, 0.5) is 16.2 Å². The quantitative estimate of drug-likeness (QED) is 0.761. The van der Waals surface area contributed by atoms with Crippen molar-refractivity contribution >= 4 is 40.6 Å². The van der Waals surface area contributed by atoms with E-state index in [1.165, 1.54) is 5.56 Å². The number of fused-ring (bicyclic) bond motifs is 1. The lowest BCUT2D eigenvalue weighted by Crippen LogP contribution is -2.40. The van der Waals surface area contributed by atoms with Crippen molar-refractivity contribution in [2.75, 3.05) is 17.2 Å². The van der Waals surface area contributed by atoms with E-state index in [0.717, 1.165) is 18.5 Å². The van der Waals surface area contributed by atoms with Gasteiger partial charge in [0.1, 0.15) is 0 Å². The molecule has 2 amide bonds. The average Bonchev–Trinajstić information content (AvgIpc) is 2.56. The molecule has 0 saturated heterocycles. The molecule has 3 N–H and O–H groups in total. The van der Waals surface area contributed by atoms with Gasteiger partial charge in [-0.05, 0) is 42.7 Å². The minimum atomic E-state index is -0.260. The Hall–Kier alpha value is -1.91. The maximum Gasteiger partial charge on any atom is 0.319 e. The molecule has 120 valence electrons. The van der Waals surface area contributed by atoms with Crippen LogP contribution in [0.2, 0.25) is 10.0 Å². The number of para-hydroxylation sites is 1. The van der Waals surface area contributed by atoms with Gasteiger partial charge in [0.25, 0.3) is 0 Å². The van der Waals surface area contributed by atoms with Crippen molar-refractivity contribution in [1.29, 1.82) is 0 Å². The molecule has 6 heteroatoms. The number of carbonyl (C=O) groups is 1. The first kappa shape index (κ1) is 16.0. The second kappa shape index (κ2) is 7.11. The van der Waals surface area contributed by atoms with Crippen molar-refractivity contribution in [2.45, 2.75) is 18.9 Å². The number of halogens is 2. The number of anilines is 2. The van der Waals surface area contributed by atoms with Crippen LogP contribution in [-0.2, 0) is 6.42 Å². The summed E-state index contributed by atoms with van der Waals surface area (Å²) in [5.74, 6) is 0. The van der Waals surface area contributed by atoms with Gasteiger partial charge in [-0.2, -0.15) is 0 Å². The molecule has 1 heterocycles. The number of rotatable bonds is 3. The van der Waals surface area contributed by atoms with Gasteiger partial charge in [0.15, 0.2) is 0 Å². The third-order valence-corrected chi connectivity index (χ3v) is 4.56. The molecular weight excluding hydrogens is 333 g/mol. The highest BCUT2D eigenvalue weighted by atomic mass is 35.5. The van der Waals surface area contributed by atoms with E-state index in [0.29, 0.717) is 22.3 Å². The molecule has 4 nitrogen and oxygen atoms in total. The van der Waals surface area contributed by atoms with Gasteiger partial charge in [-0.3, -0.25) is 0 Å². The first-order chi connectivity index (χ1) is 11.1. The van der Waals surface area contributed by atoms with Gasteiger partial charge in [0.05, 0.1) is 10.0 Å². The topological polar surface area (TPSA) is 53.2 Å². The maximum absolute atomic E-state index is 12.0. The van der Waals surface area contributed by atoms with E-state index < -0.39 is 0 Å². The first-order valence-corrected chi connectivity index (χ1v) is 8.22. The number of nitrogens with one attached hydrogen (secondary N) is 3. The molecule has 3 rings (SSSR count). The van der Waals surface area contributed by atoms with Gasteiger partial charge in [-0.15, -0.1) is 0 Å². The Labute approximate surface area is 145 Å². The molecule has 1 unspecified atom stereocenters. The van der Waals surface area contributed by atoms with Crippen LogP contribution in [0.3, 0.4) is 0 Å². The molecule has 1 aliphatic rings. The molecule has 2 aromatic carbocycles. The van der Waals surface area contributed by atoms with E-state index in [1.54, 1.807) is 18.2 Å². The number of hydrogen-bond donors (Lipinski definition) is 3. The fourth-order valence-corrected chi connectivity index (χ4v) is 2.92. The zero-order valence-electron chi connectivity index (χ0n) is 12.4. The maximum atomic E-state index is 12.0. The molecule has 23 heavy (non-hydrogen) atoms. The van der Waals surface area contributed by atoms with Crippen molar-refractivity contribution < 1.29 is 4.79 Å². The van der Waals surface area contributed by atoms with Crippen LogP contribution in [0.5, 0.6) is 0 Å². The summed E-state index contributed by atoms with van der Waals surface area (Å²) < 4.78 is 0. The molecule has 2 aromatic rings. The van der Waals surface area contributed by atoms with Gasteiger partial charge in [-0.25, -0.2) is 4.79 Å². The summed E-state index contributed by atoms with van der Waals surface area (Å²) in [6, 6.07) is 13.2. The summed E-state index contributed by atoms with van der Waals surface area (Å²) in [6.45, 7) is 0.557. The van der Waals surface area contributed by atoms with Gasteiger partial charge in [0, 0.05) is 24.0 Å². The van der Waals surface area contributed by atoms with Crippen LogP contribution in [0.25, 0.3) is 0 Å². The van der Waals surface area contributed by atoms with Crippen molar-refractivity contribution in [1.82, 2.24) is 5.32 Å². The molecule has 0 aromatic heterocycles. The van der Waals surface area contributed by atoms with Crippen LogP contribution >= 0.6 is 23.2 Å². The molecule has 0 saturated carbocycles. The third-order valence-electron chi connectivity index (χ3n) is 3.83. The number of benzene rings is 2. The lowest BCUT2D eigenvalue weighted by atomic mass is 9.98. The van der Waals surface area contributed by atoms with E-state index in [2.05, 4.69) is 28.1 Å². The molecule has 0 fully saturated rings. The van der Waals surface area contributed by atoms with Crippen molar-refractivity contribution in [3.63, 3.8) is 0 Å². The summed E-state index contributed by atoms with van der Waals surface area (Å²) in [5.41, 5.74) is 3.08. The SMILES string of the molecule is O=C(NCC1CCc2ccccc2N1)Nc1ccc(Cl)c(Cl)c1. The summed E-state index contributed by atoms with van der Waals surface area (Å²) >= 11 is 11.8. The summed E-state index contributed by atoms with van der Waals surface area (Å²) in [7, 11) is 0. The lowest BCUT2D eigenvalue weighted by molar-refractivity contribution is 0.251. The Morgan fingerprint density at radius 3 is 2.83 bits per heavy atom. The van der Waals surface area contributed by atoms with Gasteiger partial charge in [0.2, 0.25) is 0 Å². The molecule has 1 aliphatic heterocycles. The Bertz CT molecular complexity index is 721. The predicted octanol–water partition coefficient (Wildman–Crippen LogP) is 4.54. The first-order valence-electron chi connectivity index (χ1n) is 7.46. The number of amides is 2. The largest absolute Gasteiger partial charge is 0.380 e. The number of hydrogen-bond acceptors (Lipinski definition) is 2. The summed E-state index contributed by atoms with van der Waals surface area (Å²) in [5, 5.41) is 9.95. The highest BCUT2D eigenvalue weighted by Crippen LogP contribution is 2.25. The van der Waals surface area contributed by atoms with Crippen molar-refractivity contribution in [3.05, 3.63) is 58.1 Å². The Morgan fingerprint density at radius 1 is 1.17 bits per heavy atom. The minimum Gasteiger partial charge on any atom is -0.380 e. The van der Waals surface area contributed by atoms with Crippen molar-refractivity contribution in [3.8, 4) is 0 Å². The zero-order valence-corrected chi connectivity index (χ0v) is 13.9. The monoisotopic (exact) mass is 349 g/mol. The molecule has 0 spiro atoms. The zero-order chi connectivity index (χ0) is 16.2. The van der Waals surface area contributed by atoms with Crippen LogP contribution in [-0.4, -0.2) is 18.6 Å². The minimum absolute atomic E-state index is 0.226. The standard InChI is InChI=1S/C17H17Cl2N3O/c18-14-8-7-12(9-15(14)19)22-17(23)20-10-13-6-5-11-3-1-2-4-16(11)21-13/h1-4,7-9,13,21H,5-6,10H2,(H2,20,22,23). The van der Waals surface area contributed by atoms with Gasteiger partial charge >= 0.3 is 6.03 Å². The highest BCUT2D eigenvalue weighted by molar-refractivity contribution is 6.42. The van der Waals surface area contributed by atoms with E-state index in [4.69, 9.17) is 23.2 Å². The Kier molecular flexibility index (Phi) is 4.94. The van der Waals surface area contributed by atoms with Gasteiger partial charge in [-0.1, -0.05) is 41.4 Å². The summed E-state index contributed by atoms with van der Waals surface area (Å²) in [6.07, 6.45) is 2.01. The van der Waals surface area contributed by atoms with Crippen LogP contribution in [0, 0.1) is 0 Å². The third kappa shape index (κ3) is 4.09. The van der Waals surface area contributed by atoms with Crippen LogP contribution in [0.15, 0.2) is 42.5 Å². The number of urea groups is 1. The normalized spacial score (nSPS) is 16.2. The molecule has 0 aliphatic carbocycles. The molecule has 0 bridgehead atoms. The number of aryl methyl sites for hydroxylation is 1. The molecular formula is C17H17Cl2N3O. The predicted molar refractivity (Wildman–Crippen MR) is 95.7 cm³/mol. The van der Waals surface area contributed by atoms with E-state index >= 15 is 0 Å². The van der Waals surface area contributed by atoms with Gasteiger partial charge < -0.3 is 16.0 Å². The summed E-state index contributed by atoms with van der Waals surface area (Å²) in [4.78, 5) is 12.0. The lowest BCUT2D eigenvalue weighted by Gasteiger charge is -2.27.